The number of hydrogen-bond donors (Lipinski definition) is 1. The van der Waals surface area contributed by atoms with E-state index in [-0.39, 0.29) is 0 Å². The van der Waals surface area contributed by atoms with E-state index in [9.17, 15) is 0 Å². The van der Waals surface area contributed by atoms with Gasteiger partial charge in [0.1, 0.15) is 0 Å². The van der Waals surface area contributed by atoms with Gasteiger partial charge in [0.15, 0.2) is 0 Å². The molecule has 0 radical (unpaired) electrons. The van der Waals surface area contributed by atoms with Gasteiger partial charge in [-0.3, -0.25) is 0 Å². The normalized spacial score (nSPS) is 11.6. The maximum atomic E-state index is 5.58. The summed E-state index contributed by atoms with van der Waals surface area (Å²) in [5.74, 6) is 0. The SMILES string of the molecule is C/C(=C/Cl)CNc1cc(Br)ccc1I. The Morgan fingerprint density at radius 3 is 3.00 bits per heavy atom. The summed E-state index contributed by atoms with van der Waals surface area (Å²) in [5.41, 5.74) is 3.83. The van der Waals surface area contributed by atoms with Crippen LogP contribution >= 0.6 is 50.1 Å². The molecule has 0 aliphatic carbocycles. The van der Waals surface area contributed by atoms with Crippen molar-refractivity contribution in [2.45, 2.75) is 6.92 Å². The Balaban J connectivity index is 2.71. The smallest absolute Gasteiger partial charge is 0.0489 e. The molecule has 4 heteroatoms. The zero-order valence-electron chi connectivity index (χ0n) is 7.65. The lowest BCUT2D eigenvalue weighted by molar-refractivity contribution is 1.21. The van der Waals surface area contributed by atoms with Crippen molar-refractivity contribution in [1.29, 1.82) is 0 Å². The number of anilines is 1. The summed E-state index contributed by atoms with van der Waals surface area (Å²) in [6, 6.07) is 6.15. The lowest BCUT2D eigenvalue weighted by Gasteiger charge is -2.08. The first-order valence-electron chi connectivity index (χ1n) is 4.08. The molecule has 0 aliphatic heterocycles. The van der Waals surface area contributed by atoms with Gasteiger partial charge in [-0.2, -0.15) is 0 Å². The van der Waals surface area contributed by atoms with Crippen LogP contribution in [0.4, 0.5) is 5.69 Å². The van der Waals surface area contributed by atoms with Gasteiger partial charge in [0.25, 0.3) is 0 Å². The molecule has 1 aromatic carbocycles. The summed E-state index contributed by atoms with van der Waals surface area (Å²) in [6.07, 6.45) is 0. The Kier molecular flexibility index (Phi) is 5.26. The van der Waals surface area contributed by atoms with E-state index >= 15 is 0 Å². The Morgan fingerprint density at radius 2 is 2.36 bits per heavy atom. The van der Waals surface area contributed by atoms with Gasteiger partial charge in [-0.15, -0.1) is 0 Å². The minimum absolute atomic E-state index is 0.774. The number of hydrogen-bond acceptors (Lipinski definition) is 1. The second-order valence-electron chi connectivity index (χ2n) is 2.93. The lowest BCUT2D eigenvalue weighted by atomic mass is 10.3. The first kappa shape index (κ1) is 12.3. The highest BCUT2D eigenvalue weighted by Gasteiger charge is 1.99. The third-order valence-electron chi connectivity index (χ3n) is 1.67. The highest BCUT2D eigenvalue weighted by Crippen LogP contribution is 2.22. The Labute approximate surface area is 111 Å². The topological polar surface area (TPSA) is 12.0 Å². The molecule has 1 aromatic rings. The first-order chi connectivity index (χ1) is 6.63. The highest BCUT2D eigenvalue weighted by molar-refractivity contribution is 14.1. The van der Waals surface area contributed by atoms with Crippen molar-refractivity contribution in [1.82, 2.24) is 0 Å². The fourth-order valence-corrected chi connectivity index (χ4v) is 1.87. The van der Waals surface area contributed by atoms with Crippen molar-refractivity contribution in [2.75, 3.05) is 11.9 Å². The maximum absolute atomic E-state index is 5.58. The van der Waals surface area contributed by atoms with Crippen molar-refractivity contribution in [3.8, 4) is 0 Å². The minimum atomic E-state index is 0.774. The van der Waals surface area contributed by atoms with Gasteiger partial charge < -0.3 is 5.32 Å². The molecule has 0 saturated carbocycles. The van der Waals surface area contributed by atoms with Crippen LogP contribution < -0.4 is 5.32 Å². The van der Waals surface area contributed by atoms with Crippen LogP contribution in [0.25, 0.3) is 0 Å². The van der Waals surface area contributed by atoms with E-state index in [1.165, 1.54) is 3.57 Å². The van der Waals surface area contributed by atoms with Crippen molar-refractivity contribution in [3.05, 3.63) is 37.4 Å². The van der Waals surface area contributed by atoms with E-state index in [4.69, 9.17) is 11.6 Å². The van der Waals surface area contributed by atoms with Crippen molar-refractivity contribution in [3.63, 3.8) is 0 Å². The Hall–Kier alpha value is 0.260. The Morgan fingerprint density at radius 1 is 1.64 bits per heavy atom. The van der Waals surface area contributed by atoms with Crippen LogP contribution in [0.2, 0.25) is 0 Å². The highest BCUT2D eigenvalue weighted by atomic mass is 127. The second kappa shape index (κ2) is 5.98. The van der Waals surface area contributed by atoms with Gasteiger partial charge in [0, 0.05) is 25.8 Å². The maximum Gasteiger partial charge on any atom is 0.0489 e. The molecule has 1 N–H and O–H groups in total. The molecule has 0 atom stereocenters. The molecule has 0 amide bonds. The van der Waals surface area contributed by atoms with E-state index in [0.29, 0.717) is 0 Å². The molecule has 1 rings (SSSR count). The molecule has 0 bridgehead atoms. The number of halogens is 3. The van der Waals surface area contributed by atoms with Crippen molar-refractivity contribution >= 4 is 55.8 Å². The quantitative estimate of drug-likeness (QED) is 0.748. The average Bonchev–Trinajstić information content (AvgIpc) is 2.19. The third kappa shape index (κ3) is 3.79. The monoisotopic (exact) mass is 385 g/mol. The van der Waals surface area contributed by atoms with Gasteiger partial charge in [0.05, 0.1) is 0 Å². The summed E-state index contributed by atoms with van der Waals surface area (Å²) in [7, 11) is 0. The molecule has 0 saturated heterocycles. The molecule has 0 fully saturated rings. The molecule has 1 nitrogen and oxygen atoms in total. The van der Waals surface area contributed by atoms with E-state index in [0.717, 1.165) is 22.3 Å². The standard InChI is InChI=1S/C10H10BrClIN/c1-7(5-12)6-14-10-4-8(11)2-3-9(10)13/h2-5,14H,6H2,1H3/b7-5-. The number of benzene rings is 1. The summed E-state index contributed by atoms with van der Waals surface area (Å²) < 4.78 is 2.28. The number of nitrogens with one attached hydrogen (secondary N) is 1. The molecule has 0 aromatic heterocycles. The Bertz CT molecular complexity index is 352. The van der Waals surface area contributed by atoms with Crippen molar-refractivity contribution < 1.29 is 0 Å². The van der Waals surface area contributed by atoms with Gasteiger partial charge in [-0.1, -0.05) is 27.5 Å². The zero-order valence-corrected chi connectivity index (χ0v) is 12.1. The van der Waals surface area contributed by atoms with E-state index in [1.54, 1.807) is 5.54 Å². The zero-order chi connectivity index (χ0) is 10.6. The van der Waals surface area contributed by atoms with Crippen LogP contribution in [0.1, 0.15) is 6.92 Å². The molecule has 0 unspecified atom stereocenters. The van der Waals surface area contributed by atoms with Crippen LogP contribution in [0.15, 0.2) is 33.8 Å². The van der Waals surface area contributed by atoms with Gasteiger partial charge in [-0.25, -0.2) is 0 Å². The first-order valence-corrected chi connectivity index (χ1v) is 6.39. The predicted molar refractivity (Wildman–Crippen MR) is 75.0 cm³/mol. The second-order valence-corrected chi connectivity index (χ2v) is 5.23. The minimum Gasteiger partial charge on any atom is -0.380 e. The van der Waals surface area contributed by atoms with E-state index in [2.05, 4.69) is 56.0 Å². The molecule has 0 aliphatic rings. The molecular formula is C10H10BrClIN. The molecule has 14 heavy (non-hydrogen) atoms. The average molecular weight is 386 g/mol. The van der Waals surface area contributed by atoms with Gasteiger partial charge in [-0.05, 0) is 53.3 Å². The third-order valence-corrected chi connectivity index (χ3v) is 3.48. The van der Waals surface area contributed by atoms with Crippen LogP contribution in [-0.4, -0.2) is 6.54 Å². The van der Waals surface area contributed by atoms with Crippen molar-refractivity contribution in [2.24, 2.45) is 0 Å². The summed E-state index contributed by atoms with van der Waals surface area (Å²) >= 11 is 11.3. The predicted octanol–water partition coefficient (Wildman–Crippen LogP) is 4.61. The van der Waals surface area contributed by atoms with Gasteiger partial charge in [0.2, 0.25) is 0 Å². The molecule has 0 spiro atoms. The van der Waals surface area contributed by atoms with Crippen LogP contribution in [-0.2, 0) is 0 Å². The fourth-order valence-electron chi connectivity index (χ4n) is 0.906. The van der Waals surface area contributed by atoms with E-state index < -0.39 is 0 Å². The summed E-state index contributed by atoms with van der Waals surface area (Å²) in [5, 5.41) is 3.31. The van der Waals surface area contributed by atoms with Crippen LogP contribution in [0.3, 0.4) is 0 Å². The summed E-state index contributed by atoms with van der Waals surface area (Å²) in [4.78, 5) is 0. The summed E-state index contributed by atoms with van der Waals surface area (Å²) in [6.45, 7) is 2.76. The van der Waals surface area contributed by atoms with Crippen LogP contribution in [0, 0.1) is 3.57 Å². The largest absolute Gasteiger partial charge is 0.380 e. The van der Waals surface area contributed by atoms with Gasteiger partial charge >= 0.3 is 0 Å². The lowest BCUT2D eigenvalue weighted by Crippen LogP contribution is -2.03. The van der Waals surface area contributed by atoms with E-state index in [1.807, 2.05) is 13.0 Å². The fraction of sp³-hybridized carbons (Fsp3) is 0.200. The molecular weight excluding hydrogens is 376 g/mol. The van der Waals surface area contributed by atoms with Crippen LogP contribution in [0.5, 0.6) is 0 Å². The molecule has 0 heterocycles. The molecule has 76 valence electrons. The number of rotatable bonds is 3.